The van der Waals surface area contributed by atoms with Crippen molar-refractivity contribution in [2.45, 2.75) is 51.0 Å². The number of phosphoric ester groups is 1. The van der Waals surface area contributed by atoms with Gasteiger partial charge in [-0.15, -0.1) is 11.3 Å². The summed E-state index contributed by atoms with van der Waals surface area (Å²) >= 11 is 1.45. The van der Waals surface area contributed by atoms with Crippen molar-refractivity contribution in [2.24, 2.45) is 5.73 Å². The molecule has 1 atom stereocenters. The zero-order valence-electron chi connectivity index (χ0n) is 17.4. The Morgan fingerprint density at radius 2 is 1.97 bits per heavy atom. The summed E-state index contributed by atoms with van der Waals surface area (Å²) in [5.74, 6) is 0.980. The van der Waals surface area contributed by atoms with E-state index in [0.29, 0.717) is 19.3 Å². The quantitative estimate of drug-likeness (QED) is 0.236. The summed E-state index contributed by atoms with van der Waals surface area (Å²) in [6, 6.07) is 11.7. The molecule has 0 aliphatic rings. The van der Waals surface area contributed by atoms with E-state index in [1.54, 1.807) is 14.0 Å². The van der Waals surface area contributed by atoms with Crippen LogP contribution in [0.3, 0.4) is 0 Å². The third-order valence-corrected chi connectivity index (χ3v) is 6.35. The van der Waals surface area contributed by atoms with Crippen molar-refractivity contribution in [1.82, 2.24) is 0 Å². The molecule has 1 heterocycles. The fourth-order valence-electron chi connectivity index (χ4n) is 2.94. The van der Waals surface area contributed by atoms with Gasteiger partial charge in [0.2, 0.25) is 0 Å². The second-order valence-electron chi connectivity index (χ2n) is 7.67. The van der Waals surface area contributed by atoms with Gasteiger partial charge in [0.15, 0.2) is 5.78 Å². The summed E-state index contributed by atoms with van der Waals surface area (Å²) in [4.78, 5) is 31.8. The number of hydrogen-bond acceptors (Lipinski definition) is 6. The zero-order valence-corrected chi connectivity index (χ0v) is 19.1. The molecule has 9 heteroatoms. The highest BCUT2D eigenvalue weighted by molar-refractivity contribution is 7.46. The maximum Gasteiger partial charge on any atom is 0.469 e. The Balaban J connectivity index is 1.74. The molecule has 0 aliphatic heterocycles. The second kappa shape index (κ2) is 11.2. The van der Waals surface area contributed by atoms with Crippen molar-refractivity contribution >= 4 is 24.9 Å². The van der Waals surface area contributed by atoms with Crippen LogP contribution in [0, 0.1) is 0 Å². The predicted molar refractivity (Wildman–Crippen MR) is 118 cm³/mol. The van der Waals surface area contributed by atoms with E-state index in [0.717, 1.165) is 34.8 Å². The Hall–Kier alpha value is -1.54. The van der Waals surface area contributed by atoms with Crippen LogP contribution in [0.15, 0.2) is 36.4 Å². The van der Waals surface area contributed by atoms with Gasteiger partial charge in [-0.05, 0) is 68.9 Å². The number of aryl methyl sites for hydroxylation is 2. The minimum atomic E-state index is -4.53. The molecule has 0 radical (unpaired) electrons. The summed E-state index contributed by atoms with van der Waals surface area (Å²) in [5, 5.41) is 0. The van der Waals surface area contributed by atoms with Crippen LogP contribution < -0.4 is 10.5 Å². The van der Waals surface area contributed by atoms with Crippen LogP contribution >= 0.6 is 19.2 Å². The van der Waals surface area contributed by atoms with Crippen LogP contribution in [-0.2, 0) is 21.9 Å². The van der Waals surface area contributed by atoms with Gasteiger partial charge < -0.3 is 20.3 Å². The lowest BCUT2D eigenvalue weighted by Gasteiger charge is -2.24. The lowest BCUT2D eigenvalue weighted by atomic mass is 9.98. The Bertz CT molecular complexity index is 876. The molecule has 0 spiro atoms. The first-order valence-corrected chi connectivity index (χ1v) is 12.2. The molecule has 0 fully saturated rings. The van der Waals surface area contributed by atoms with Crippen LogP contribution in [0.4, 0.5) is 0 Å². The molecule has 7 nitrogen and oxygen atoms in total. The number of ketones is 1. The highest BCUT2D eigenvalue weighted by atomic mass is 32.1. The maximum atomic E-state index is 12.4. The van der Waals surface area contributed by atoms with Crippen LogP contribution in [0.25, 0.3) is 0 Å². The minimum Gasteiger partial charge on any atom is -0.497 e. The van der Waals surface area contributed by atoms with E-state index in [2.05, 4.69) is 10.6 Å². The first-order chi connectivity index (χ1) is 14.1. The van der Waals surface area contributed by atoms with E-state index in [4.69, 9.17) is 20.3 Å². The van der Waals surface area contributed by atoms with E-state index in [9.17, 15) is 9.36 Å². The van der Waals surface area contributed by atoms with Crippen molar-refractivity contribution in [3.63, 3.8) is 0 Å². The summed E-state index contributed by atoms with van der Waals surface area (Å²) in [6.45, 7) is 1.45. The molecule has 30 heavy (non-hydrogen) atoms. The normalized spacial score (nSPS) is 13.8. The largest absolute Gasteiger partial charge is 0.497 e. The molecule has 1 unspecified atom stereocenters. The van der Waals surface area contributed by atoms with Gasteiger partial charge in [-0.2, -0.15) is 0 Å². The first-order valence-electron chi connectivity index (χ1n) is 9.82. The number of carbonyl (C=O) groups is 1. The first kappa shape index (κ1) is 24.7. The number of rotatable bonds is 13. The smallest absolute Gasteiger partial charge is 0.469 e. The number of nitrogens with two attached hydrogens (primary N) is 1. The fraction of sp³-hybridized carbons (Fsp3) is 0.476. The molecule has 2 aromatic rings. The standard InChI is InChI=1S/C21H30NO6PS/c1-21(22,15-28-29(24,25)26)13-12-18-10-11-20(30-18)19(23)9-4-3-6-16-7-5-8-17(14-16)27-2/h5,7-8,10-11,14H,3-4,6,9,12-13,15,22H2,1-2H3,(H2,24,25,26). The highest BCUT2D eigenvalue weighted by Gasteiger charge is 2.24. The van der Waals surface area contributed by atoms with Gasteiger partial charge in [-0.25, -0.2) is 4.57 Å². The molecular weight excluding hydrogens is 425 g/mol. The van der Waals surface area contributed by atoms with E-state index in [-0.39, 0.29) is 12.4 Å². The number of Topliss-reactive ketones (excluding diaryl/α,β-unsaturated/α-hetero) is 1. The number of carbonyl (C=O) groups excluding carboxylic acids is 1. The molecule has 0 amide bonds. The van der Waals surface area contributed by atoms with Crippen molar-refractivity contribution in [2.75, 3.05) is 13.7 Å². The average Bonchev–Trinajstić information content (AvgIpc) is 3.17. The monoisotopic (exact) mass is 455 g/mol. The van der Waals surface area contributed by atoms with Gasteiger partial charge in [-0.3, -0.25) is 9.32 Å². The Labute approximate surface area is 181 Å². The molecule has 0 aliphatic carbocycles. The summed E-state index contributed by atoms with van der Waals surface area (Å²) < 4.78 is 20.6. The molecule has 0 saturated heterocycles. The Kier molecular flexibility index (Phi) is 9.22. The third-order valence-electron chi connectivity index (χ3n) is 4.69. The second-order valence-corrected chi connectivity index (χ2v) is 10.1. The minimum absolute atomic E-state index is 0.136. The Morgan fingerprint density at radius 3 is 2.67 bits per heavy atom. The highest BCUT2D eigenvalue weighted by Crippen LogP contribution is 2.37. The van der Waals surface area contributed by atoms with Crippen LogP contribution in [0.5, 0.6) is 5.75 Å². The summed E-state index contributed by atoms with van der Waals surface area (Å²) in [6.07, 6.45) is 4.28. The third kappa shape index (κ3) is 9.08. The van der Waals surface area contributed by atoms with Gasteiger partial charge in [0.25, 0.3) is 0 Å². The van der Waals surface area contributed by atoms with Crippen molar-refractivity contribution in [1.29, 1.82) is 0 Å². The molecule has 2 rings (SSSR count). The predicted octanol–water partition coefficient (Wildman–Crippen LogP) is 4.11. The number of phosphoric acid groups is 1. The number of ether oxygens (including phenoxy) is 1. The Morgan fingerprint density at radius 1 is 1.20 bits per heavy atom. The SMILES string of the molecule is COc1cccc(CCCCC(=O)c2ccc(CCC(C)(N)COP(=O)(O)O)s2)c1. The van der Waals surface area contributed by atoms with E-state index < -0.39 is 13.4 Å². The fourth-order valence-corrected chi connectivity index (χ4v) is 4.38. The number of unbranched alkanes of at least 4 members (excludes halogenated alkanes) is 1. The molecule has 166 valence electrons. The molecular formula is C21H30NO6PS. The van der Waals surface area contributed by atoms with E-state index >= 15 is 0 Å². The molecule has 0 saturated carbocycles. The van der Waals surface area contributed by atoms with E-state index in [1.807, 2.05) is 30.3 Å². The van der Waals surface area contributed by atoms with Crippen LogP contribution in [0.2, 0.25) is 0 Å². The lowest BCUT2D eigenvalue weighted by Crippen LogP contribution is -2.41. The summed E-state index contributed by atoms with van der Waals surface area (Å²) in [5.41, 5.74) is 6.38. The summed E-state index contributed by atoms with van der Waals surface area (Å²) in [7, 11) is -2.88. The zero-order chi connectivity index (χ0) is 22.2. The van der Waals surface area contributed by atoms with Crippen LogP contribution in [0.1, 0.15) is 52.7 Å². The molecule has 1 aromatic heterocycles. The van der Waals surface area contributed by atoms with Gasteiger partial charge in [-0.1, -0.05) is 12.1 Å². The average molecular weight is 456 g/mol. The van der Waals surface area contributed by atoms with Crippen LogP contribution in [-0.4, -0.2) is 34.8 Å². The maximum absolute atomic E-state index is 12.4. The van der Waals surface area contributed by atoms with Gasteiger partial charge >= 0.3 is 7.82 Å². The molecule has 4 N–H and O–H groups in total. The molecule has 0 bridgehead atoms. The van der Waals surface area contributed by atoms with Gasteiger partial charge in [0, 0.05) is 16.8 Å². The van der Waals surface area contributed by atoms with Crippen molar-refractivity contribution in [3.05, 3.63) is 51.7 Å². The van der Waals surface area contributed by atoms with Crippen molar-refractivity contribution < 1.29 is 28.4 Å². The van der Waals surface area contributed by atoms with Gasteiger partial charge in [0.05, 0.1) is 18.6 Å². The van der Waals surface area contributed by atoms with Crippen molar-refractivity contribution in [3.8, 4) is 5.75 Å². The topological polar surface area (TPSA) is 119 Å². The number of thiophene rings is 1. The lowest BCUT2D eigenvalue weighted by molar-refractivity contribution is 0.0983. The van der Waals surface area contributed by atoms with E-state index in [1.165, 1.54) is 16.9 Å². The van der Waals surface area contributed by atoms with Gasteiger partial charge in [0.1, 0.15) is 5.75 Å². The number of hydrogen-bond donors (Lipinski definition) is 3. The molecule has 1 aromatic carbocycles. The number of benzene rings is 1. The number of methoxy groups -OCH3 is 1.